The van der Waals surface area contributed by atoms with Gasteiger partial charge in [0, 0.05) is 19.3 Å². The molecule has 3 atom stereocenters. The highest BCUT2D eigenvalue weighted by molar-refractivity contribution is 5.73. The van der Waals surface area contributed by atoms with Crippen LogP contribution < -0.4 is 0 Å². The number of aldehydes is 1. The molecule has 0 radical (unpaired) electrons. The average molecular weight is 276 g/mol. The van der Waals surface area contributed by atoms with Gasteiger partial charge in [0.2, 0.25) is 0 Å². The molecule has 1 saturated carbocycles. The Hall–Kier alpha value is -1.38. The molecule has 0 bridgehead atoms. The van der Waals surface area contributed by atoms with Gasteiger partial charge in [0.25, 0.3) is 0 Å². The van der Waals surface area contributed by atoms with Crippen molar-refractivity contribution in [2.24, 2.45) is 17.3 Å². The maximum Gasteiger partial charge on any atom is 0.302 e. The third-order valence-corrected chi connectivity index (χ3v) is 4.71. The van der Waals surface area contributed by atoms with Crippen molar-refractivity contribution in [2.45, 2.75) is 53.1 Å². The second-order valence-corrected chi connectivity index (χ2v) is 6.67. The lowest BCUT2D eigenvalue weighted by Gasteiger charge is -2.19. The maximum absolute atomic E-state index is 11.4. The van der Waals surface area contributed by atoms with Gasteiger partial charge in [0.15, 0.2) is 0 Å². The van der Waals surface area contributed by atoms with Crippen molar-refractivity contribution in [2.75, 3.05) is 0 Å². The van der Waals surface area contributed by atoms with Gasteiger partial charge in [-0.2, -0.15) is 0 Å². The van der Waals surface area contributed by atoms with Crippen molar-refractivity contribution < 1.29 is 14.3 Å². The number of rotatable bonds is 2. The second-order valence-electron chi connectivity index (χ2n) is 6.67. The van der Waals surface area contributed by atoms with E-state index in [9.17, 15) is 9.59 Å². The fourth-order valence-corrected chi connectivity index (χ4v) is 3.50. The molecule has 0 saturated heterocycles. The van der Waals surface area contributed by atoms with E-state index >= 15 is 0 Å². The van der Waals surface area contributed by atoms with E-state index in [4.69, 9.17) is 4.74 Å². The van der Waals surface area contributed by atoms with Gasteiger partial charge in [-0.1, -0.05) is 31.6 Å². The molecule has 3 heteroatoms. The van der Waals surface area contributed by atoms with Crippen LogP contribution in [0.3, 0.4) is 0 Å². The summed E-state index contributed by atoms with van der Waals surface area (Å²) < 4.78 is 5.55. The first-order valence-corrected chi connectivity index (χ1v) is 7.35. The van der Waals surface area contributed by atoms with Crippen molar-refractivity contribution >= 4 is 12.3 Å². The van der Waals surface area contributed by atoms with Crippen molar-refractivity contribution in [1.29, 1.82) is 0 Å². The van der Waals surface area contributed by atoms with Gasteiger partial charge in [-0.05, 0) is 36.7 Å². The molecule has 2 aliphatic carbocycles. The quantitative estimate of drug-likeness (QED) is 0.441. The van der Waals surface area contributed by atoms with E-state index in [1.807, 2.05) is 0 Å². The highest BCUT2D eigenvalue weighted by Gasteiger charge is 2.60. The van der Waals surface area contributed by atoms with Gasteiger partial charge in [0.05, 0.1) is 0 Å². The second kappa shape index (κ2) is 5.55. The molecule has 0 heterocycles. The van der Waals surface area contributed by atoms with E-state index in [2.05, 4.69) is 32.9 Å². The molecular formula is C17H24O3. The smallest absolute Gasteiger partial charge is 0.302 e. The molecule has 0 aromatic heterocycles. The molecule has 2 rings (SSSR count). The van der Waals surface area contributed by atoms with Crippen LogP contribution in [0, 0.1) is 17.3 Å². The maximum atomic E-state index is 11.4. The summed E-state index contributed by atoms with van der Waals surface area (Å²) in [6, 6.07) is 0. The van der Waals surface area contributed by atoms with Gasteiger partial charge in [-0.15, -0.1) is 0 Å². The molecule has 110 valence electrons. The van der Waals surface area contributed by atoms with E-state index in [-0.39, 0.29) is 17.5 Å². The first kappa shape index (κ1) is 15.0. The lowest BCUT2D eigenvalue weighted by atomic mass is 9.98. The Kier molecular flexibility index (Phi) is 4.17. The van der Waals surface area contributed by atoms with Gasteiger partial charge in [-0.3, -0.25) is 9.59 Å². The Labute approximate surface area is 121 Å². The standard InChI is InChI=1S/C17H24O3/c1-11-6-5-7-13(10-18)9-14-16(17(14,3)4)15(8-11)20-12(2)19/h6,9-10,14-16H,5,7-8H2,1-4H3/b11-6+,13-9-/t14-,15-,16-/m0/s1. The zero-order valence-corrected chi connectivity index (χ0v) is 12.8. The summed E-state index contributed by atoms with van der Waals surface area (Å²) in [7, 11) is 0. The van der Waals surface area contributed by atoms with Crippen LogP contribution >= 0.6 is 0 Å². The molecule has 0 spiro atoms. The Balaban J connectivity index is 2.30. The molecular weight excluding hydrogens is 252 g/mol. The van der Waals surface area contributed by atoms with Crippen LogP contribution in [0.4, 0.5) is 0 Å². The number of fused-ring (bicyclic) bond motifs is 1. The monoisotopic (exact) mass is 276 g/mol. The van der Waals surface area contributed by atoms with Crippen LogP contribution in [0.1, 0.15) is 47.0 Å². The van der Waals surface area contributed by atoms with Crippen molar-refractivity contribution in [1.82, 2.24) is 0 Å². The van der Waals surface area contributed by atoms with Gasteiger partial charge >= 0.3 is 5.97 Å². The summed E-state index contributed by atoms with van der Waals surface area (Å²) in [4.78, 5) is 22.5. The molecule has 0 aromatic rings. The molecule has 20 heavy (non-hydrogen) atoms. The molecule has 0 N–H and O–H groups in total. The van der Waals surface area contributed by atoms with Crippen LogP contribution in [0.15, 0.2) is 23.3 Å². The highest BCUT2D eigenvalue weighted by Crippen LogP contribution is 2.62. The van der Waals surface area contributed by atoms with E-state index in [1.165, 1.54) is 12.5 Å². The van der Waals surface area contributed by atoms with E-state index in [0.717, 1.165) is 31.1 Å². The zero-order valence-electron chi connectivity index (χ0n) is 12.8. The van der Waals surface area contributed by atoms with E-state index in [1.54, 1.807) is 0 Å². The Morgan fingerprint density at radius 3 is 2.75 bits per heavy atom. The number of ether oxygens (including phenoxy) is 1. The van der Waals surface area contributed by atoms with Crippen LogP contribution in [0.2, 0.25) is 0 Å². The highest BCUT2D eigenvalue weighted by atomic mass is 16.5. The van der Waals surface area contributed by atoms with Crippen molar-refractivity contribution in [3.05, 3.63) is 23.3 Å². The number of hydrogen-bond donors (Lipinski definition) is 0. The fraction of sp³-hybridized carbons (Fsp3) is 0.647. The third-order valence-electron chi connectivity index (χ3n) is 4.71. The first-order valence-electron chi connectivity index (χ1n) is 7.35. The predicted octanol–water partition coefficient (Wildman–Crippen LogP) is 3.45. The minimum atomic E-state index is -0.221. The summed E-state index contributed by atoms with van der Waals surface area (Å²) in [6.07, 6.45) is 7.63. The lowest BCUT2D eigenvalue weighted by molar-refractivity contribution is -0.147. The van der Waals surface area contributed by atoms with Crippen LogP contribution in [-0.4, -0.2) is 18.4 Å². The largest absolute Gasteiger partial charge is 0.462 e. The van der Waals surface area contributed by atoms with Crippen LogP contribution in [0.25, 0.3) is 0 Å². The summed E-state index contributed by atoms with van der Waals surface area (Å²) in [5, 5.41) is 0. The predicted molar refractivity (Wildman–Crippen MR) is 78.1 cm³/mol. The number of hydrogen-bond acceptors (Lipinski definition) is 3. The Morgan fingerprint density at radius 2 is 2.15 bits per heavy atom. The van der Waals surface area contributed by atoms with Gasteiger partial charge < -0.3 is 4.74 Å². The zero-order chi connectivity index (χ0) is 14.9. The van der Waals surface area contributed by atoms with Crippen LogP contribution in [0.5, 0.6) is 0 Å². The molecule has 0 aliphatic heterocycles. The number of esters is 1. The minimum Gasteiger partial charge on any atom is -0.462 e. The van der Waals surface area contributed by atoms with Crippen LogP contribution in [-0.2, 0) is 14.3 Å². The Bertz CT molecular complexity index is 471. The number of allylic oxidation sites excluding steroid dienone is 3. The number of carbonyl (C=O) groups is 2. The molecule has 0 aromatic carbocycles. The van der Waals surface area contributed by atoms with Gasteiger partial charge in [0.1, 0.15) is 12.4 Å². The SMILES string of the molecule is CC(=O)O[C@H]1C/C(C)=C/CC/C(C=O)=C/[C@H]2[C@@H]1C2(C)C. The van der Waals surface area contributed by atoms with Crippen molar-refractivity contribution in [3.63, 3.8) is 0 Å². The molecule has 3 nitrogen and oxygen atoms in total. The topological polar surface area (TPSA) is 43.4 Å². The van der Waals surface area contributed by atoms with E-state index < -0.39 is 0 Å². The minimum absolute atomic E-state index is 0.0778. The summed E-state index contributed by atoms with van der Waals surface area (Å²) >= 11 is 0. The van der Waals surface area contributed by atoms with E-state index in [0.29, 0.717) is 11.8 Å². The summed E-state index contributed by atoms with van der Waals surface area (Å²) in [6.45, 7) is 7.92. The van der Waals surface area contributed by atoms with Gasteiger partial charge in [-0.25, -0.2) is 0 Å². The third kappa shape index (κ3) is 3.02. The average Bonchev–Trinajstić information content (AvgIpc) is 2.88. The first-order chi connectivity index (χ1) is 9.36. The Morgan fingerprint density at radius 1 is 1.45 bits per heavy atom. The lowest BCUT2D eigenvalue weighted by Crippen LogP contribution is -2.22. The molecule has 0 amide bonds. The summed E-state index contributed by atoms with van der Waals surface area (Å²) in [5.41, 5.74) is 2.21. The molecule has 0 unspecified atom stereocenters. The number of carbonyl (C=O) groups excluding carboxylic acids is 2. The molecule has 1 fully saturated rings. The summed E-state index contributed by atoms with van der Waals surface area (Å²) in [5.74, 6) is 0.418. The normalized spacial score (nSPS) is 37.5. The van der Waals surface area contributed by atoms with Crippen molar-refractivity contribution in [3.8, 4) is 0 Å². The fourth-order valence-electron chi connectivity index (χ4n) is 3.50. The molecule has 2 aliphatic rings.